The molecule has 5 rings (SSSR count). The molecule has 2 N–H and O–H groups in total. The molecule has 9 nitrogen and oxygen atoms in total. The fourth-order valence-corrected chi connectivity index (χ4v) is 6.55. The van der Waals surface area contributed by atoms with Crippen LogP contribution >= 0.6 is 23.7 Å². The van der Waals surface area contributed by atoms with Crippen molar-refractivity contribution in [3.63, 3.8) is 0 Å². The van der Waals surface area contributed by atoms with E-state index in [9.17, 15) is 13.2 Å². The highest BCUT2D eigenvalue weighted by molar-refractivity contribution is 7.92. The highest BCUT2D eigenvalue weighted by atomic mass is 35.5. The summed E-state index contributed by atoms with van der Waals surface area (Å²) < 4.78 is 34.6. The van der Waals surface area contributed by atoms with Crippen LogP contribution < -0.4 is 19.7 Å². The molecule has 4 aromatic rings. The molecule has 1 aliphatic heterocycles. The van der Waals surface area contributed by atoms with Gasteiger partial charge in [-0.1, -0.05) is 41.7 Å². The fraction of sp³-hybridized carbons (Fsp3) is 0.286. The molecule has 2 heterocycles. The Hall–Kier alpha value is -3.38. The maximum atomic E-state index is 12.7. The Bertz CT molecular complexity index is 1540. The van der Waals surface area contributed by atoms with Gasteiger partial charge >= 0.3 is 0 Å². The molecule has 1 amide bonds. The van der Waals surface area contributed by atoms with Crippen molar-refractivity contribution in [1.82, 2.24) is 15.2 Å². The Kier molecular flexibility index (Phi) is 9.85. The smallest absolute Gasteiger partial charge is 0.261 e. The third-order valence-corrected chi connectivity index (χ3v) is 8.94. The number of aromatic nitrogens is 1. The summed E-state index contributed by atoms with van der Waals surface area (Å²) in [6, 6.07) is 20.7. The highest BCUT2D eigenvalue weighted by Crippen LogP contribution is 2.34. The standard InChI is InChI=1S/C28H31N5O4S2.ClH/c1-2-37-24-12-7-13-25-26(24)30-28(38-25)33-18-16-32(17-19-33)15-14-29-27(34)21-8-6-9-22(20-21)31-39(35,36)23-10-4-3-5-11-23;/h3-13,20,31H,2,14-19H2,1H3,(H,29,34);1H. The van der Waals surface area contributed by atoms with Gasteiger partial charge in [0.15, 0.2) is 5.13 Å². The highest BCUT2D eigenvalue weighted by Gasteiger charge is 2.21. The van der Waals surface area contributed by atoms with Crippen LogP contribution in [0, 0.1) is 0 Å². The molecule has 1 saturated heterocycles. The fourth-order valence-electron chi connectivity index (χ4n) is 4.45. The molecule has 1 fully saturated rings. The van der Waals surface area contributed by atoms with E-state index in [4.69, 9.17) is 9.72 Å². The minimum absolute atomic E-state index is 0. The zero-order chi connectivity index (χ0) is 27.2. The van der Waals surface area contributed by atoms with Crippen LogP contribution in [0.1, 0.15) is 17.3 Å². The Morgan fingerprint density at radius 1 is 1.00 bits per heavy atom. The van der Waals surface area contributed by atoms with Crippen molar-refractivity contribution >= 4 is 60.7 Å². The van der Waals surface area contributed by atoms with Gasteiger partial charge in [-0.25, -0.2) is 13.4 Å². The zero-order valence-electron chi connectivity index (χ0n) is 22.1. The number of nitrogens with one attached hydrogen (secondary N) is 2. The van der Waals surface area contributed by atoms with Crippen LogP contribution in [0.25, 0.3) is 10.2 Å². The predicted octanol–water partition coefficient (Wildman–Crippen LogP) is 4.47. The number of ether oxygens (including phenoxy) is 1. The second-order valence-electron chi connectivity index (χ2n) is 9.12. The summed E-state index contributed by atoms with van der Waals surface area (Å²) in [6.45, 7) is 7.29. The van der Waals surface area contributed by atoms with E-state index in [1.165, 1.54) is 12.1 Å². The SMILES string of the molecule is CCOc1cccc2sc(N3CCN(CCNC(=O)c4cccc(NS(=O)(=O)c5ccccc5)c4)CC3)nc12.Cl. The molecule has 0 atom stereocenters. The van der Waals surface area contributed by atoms with Crippen LogP contribution in [0.5, 0.6) is 5.75 Å². The van der Waals surface area contributed by atoms with Gasteiger partial charge in [0.05, 0.1) is 16.2 Å². The minimum Gasteiger partial charge on any atom is -0.492 e. The number of hydrogen-bond donors (Lipinski definition) is 2. The van der Waals surface area contributed by atoms with Crippen molar-refractivity contribution in [3.05, 3.63) is 78.4 Å². The van der Waals surface area contributed by atoms with Crippen molar-refractivity contribution < 1.29 is 17.9 Å². The van der Waals surface area contributed by atoms with Crippen LogP contribution in [0.3, 0.4) is 0 Å². The number of benzene rings is 3. The number of hydrogen-bond acceptors (Lipinski definition) is 8. The lowest BCUT2D eigenvalue weighted by molar-refractivity contribution is 0.0948. The first kappa shape index (κ1) is 29.6. The van der Waals surface area contributed by atoms with Gasteiger partial charge < -0.3 is 15.0 Å². The second-order valence-corrected chi connectivity index (χ2v) is 11.8. The molecular weight excluding hydrogens is 570 g/mol. The lowest BCUT2D eigenvalue weighted by Gasteiger charge is -2.34. The average molecular weight is 602 g/mol. The number of para-hydroxylation sites is 1. The lowest BCUT2D eigenvalue weighted by atomic mass is 10.2. The summed E-state index contributed by atoms with van der Waals surface area (Å²) in [4.78, 5) is 22.4. The number of rotatable bonds is 10. The maximum Gasteiger partial charge on any atom is 0.261 e. The summed E-state index contributed by atoms with van der Waals surface area (Å²) in [5.74, 6) is 0.583. The largest absolute Gasteiger partial charge is 0.492 e. The number of halogens is 1. The average Bonchev–Trinajstić information content (AvgIpc) is 3.39. The Morgan fingerprint density at radius 2 is 1.75 bits per heavy atom. The molecule has 0 radical (unpaired) electrons. The molecular formula is C28H32ClN5O4S2. The number of carbonyl (C=O) groups excluding carboxylic acids is 1. The molecule has 0 spiro atoms. The van der Waals surface area contributed by atoms with E-state index in [0.29, 0.717) is 24.4 Å². The van der Waals surface area contributed by atoms with Crippen LogP contribution in [0.15, 0.2) is 77.7 Å². The molecule has 0 unspecified atom stereocenters. The van der Waals surface area contributed by atoms with Crippen LogP contribution in [0.4, 0.5) is 10.8 Å². The Labute approximate surface area is 244 Å². The normalized spacial score (nSPS) is 14.0. The molecule has 1 aliphatic rings. The van der Waals surface area contributed by atoms with Crippen molar-refractivity contribution in [1.29, 1.82) is 0 Å². The molecule has 40 heavy (non-hydrogen) atoms. The number of nitrogens with zero attached hydrogens (tertiary/aromatic N) is 3. The van der Waals surface area contributed by atoms with Gasteiger partial charge in [-0.05, 0) is 49.4 Å². The monoisotopic (exact) mass is 601 g/mol. The van der Waals surface area contributed by atoms with Gasteiger partial charge in [-0.3, -0.25) is 14.4 Å². The molecule has 1 aromatic heterocycles. The third kappa shape index (κ3) is 7.03. The zero-order valence-corrected chi connectivity index (χ0v) is 24.5. The van der Waals surface area contributed by atoms with E-state index >= 15 is 0 Å². The van der Waals surface area contributed by atoms with Crippen molar-refractivity contribution in [2.45, 2.75) is 11.8 Å². The first-order valence-electron chi connectivity index (χ1n) is 12.9. The molecule has 3 aromatic carbocycles. The molecule has 12 heteroatoms. The second kappa shape index (κ2) is 13.3. The summed E-state index contributed by atoms with van der Waals surface area (Å²) in [5, 5.41) is 3.96. The number of thiazole rings is 1. The minimum atomic E-state index is -3.73. The number of piperazine rings is 1. The quantitative estimate of drug-likeness (QED) is 0.276. The topological polar surface area (TPSA) is 104 Å². The van der Waals surface area contributed by atoms with Crippen molar-refractivity contribution in [2.75, 3.05) is 55.5 Å². The van der Waals surface area contributed by atoms with E-state index in [1.807, 2.05) is 19.1 Å². The Balaban J connectivity index is 0.00000370. The number of carbonyl (C=O) groups is 1. The number of amides is 1. The van der Waals surface area contributed by atoms with Gasteiger partial charge in [0.1, 0.15) is 11.3 Å². The van der Waals surface area contributed by atoms with Crippen LogP contribution in [-0.4, -0.2) is 70.1 Å². The van der Waals surface area contributed by atoms with Gasteiger partial charge in [0, 0.05) is 50.5 Å². The number of anilines is 2. The number of sulfonamides is 1. The molecule has 0 aliphatic carbocycles. The van der Waals surface area contributed by atoms with Gasteiger partial charge in [-0.15, -0.1) is 12.4 Å². The van der Waals surface area contributed by atoms with E-state index < -0.39 is 10.0 Å². The molecule has 0 saturated carbocycles. The van der Waals surface area contributed by atoms with Gasteiger partial charge in [-0.2, -0.15) is 0 Å². The summed E-state index contributed by atoms with van der Waals surface area (Å²) in [7, 11) is -3.73. The maximum absolute atomic E-state index is 12.7. The lowest BCUT2D eigenvalue weighted by Crippen LogP contribution is -2.48. The van der Waals surface area contributed by atoms with Gasteiger partial charge in [0.2, 0.25) is 0 Å². The molecule has 212 valence electrons. The van der Waals surface area contributed by atoms with E-state index in [2.05, 4.69) is 25.9 Å². The van der Waals surface area contributed by atoms with Crippen molar-refractivity contribution in [2.24, 2.45) is 0 Å². The first-order valence-corrected chi connectivity index (χ1v) is 15.2. The first-order chi connectivity index (χ1) is 18.9. The van der Waals surface area contributed by atoms with Crippen LogP contribution in [-0.2, 0) is 10.0 Å². The van der Waals surface area contributed by atoms with Crippen LogP contribution in [0.2, 0.25) is 0 Å². The number of fused-ring (bicyclic) bond motifs is 1. The molecule has 0 bridgehead atoms. The predicted molar refractivity (Wildman–Crippen MR) is 163 cm³/mol. The summed E-state index contributed by atoms with van der Waals surface area (Å²) in [6.07, 6.45) is 0. The summed E-state index contributed by atoms with van der Waals surface area (Å²) in [5.41, 5.74) is 1.66. The third-order valence-electron chi connectivity index (χ3n) is 6.46. The Morgan fingerprint density at radius 3 is 2.50 bits per heavy atom. The van der Waals surface area contributed by atoms with Gasteiger partial charge in [0.25, 0.3) is 15.9 Å². The van der Waals surface area contributed by atoms with E-state index in [-0.39, 0.29) is 23.2 Å². The van der Waals surface area contributed by atoms with Crippen molar-refractivity contribution in [3.8, 4) is 5.75 Å². The van der Waals surface area contributed by atoms with E-state index in [0.717, 1.165) is 53.8 Å². The summed E-state index contributed by atoms with van der Waals surface area (Å²) >= 11 is 1.68. The van der Waals surface area contributed by atoms with E-state index in [1.54, 1.807) is 53.8 Å².